The summed E-state index contributed by atoms with van der Waals surface area (Å²) in [7, 11) is -3.86. The normalized spacial score (nSPS) is 12.1. The van der Waals surface area contributed by atoms with Crippen LogP contribution < -0.4 is 4.72 Å². The molecular formula is C13H12N2O4S. The van der Waals surface area contributed by atoms with Crippen molar-refractivity contribution < 1.29 is 18.3 Å². The molecule has 0 aliphatic carbocycles. The van der Waals surface area contributed by atoms with Gasteiger partial charge in [-0.3, -0.25) is 4.79 Å². The summed E-state index contributed by atoms with van der Waals surface area (Å²) in [6.45, 7) is 0. The van der Waals surface area contributed by atoms with Crippen LogP contribution >= 0.6 is 0 Å². The molecule has 0 heterocycles. The van der Waals surface area contributed by atoms with Crippen LogP contribution in [0.1, 0.15) is 17.5 Å². The minimum atomic E-state index is -3.86. The molecule has 1 unspecified atom stereocenters. The molecule has 1 rings (SSSR count). The van der Waals surface area contributed by atoms with E-state index in [2.05, 4.69) is 5.92 Å². The molecule has 0 saturated heterocycles. The monoisotopic (exact) mass is 292 g/mol. The first-order chi connectivity index (χ1) is 9.38. The molecule has 0 amide bonds. The van der Waals surface area contributed by atoms with Crippen LogP contribution in [0.4, 0.5) is 0 Å². The number of nitrogens with one attached hydrogen (secondary N) is 1. The number of rotatable bonds is 6. The van der Waals surface area contributed by atoms with E-state index in [4.69, 9.17) is 16.8 Å². The lowest BCUT2D eigenvalue weighted by atomic mass is 10.2. The van der Waals surface area contributed by atoms with Gasteiger partial charge in [0.2, 0.25) is 10.0 Å². The summed E-state index contributed by atoms with van der Waals surface area (Å²) in [4.78, 5) is 10.9. The molecule has 6 nitrogen and oxygen atoms in total. The SMILES string of the molecule is C#CCC(NS(=O)(=O)Cc1cccc(C#N)c1)C(=O)O. The zero-order chi connectivity index (χ0) is 15.2. The third kappa shape index (κ3) is 4.73. The van der Waals surface area contributed by atoms with Gasteiger partial charge in [-0.25, -0.2) is 8.42 Å². The van der Waals surface area contributed by atoms with Crippen molar-refractivity contribution in [3.05, 3.63) is 35.4 Å². The molecule has 0 aromatic heterocycles. The maximum Gasteiger partial charge on any atom is 0.322 e. The number of carboxylic acid groups (broad SMARTS) is 1. The lowest BCUT2D eigenvalue weighted by Crippen LogP contribution is -2.41. The van der Waals surface area contributed by atoms with Crippen LogP contribution in [0.2, 0.25) is 0 Å². The van der Waals surface area contributed by atoms with Crippen molar-refractivity contribution in [3.63, 3.8) is 0 Å². The number of hydrogen-bond acceptors (Lipinski definition) is 4. The minimum Gasteiger partial charge on any atom is -0.480 e. The molecule has 0 aliphatic rings. The number of carbonyl (C=O) groups is 1. The molecule has 1 aromatic carbocycles. The van der Waals surface area contributed by atoms with Gasteiger partial charge in [-0.15, -0.1) is 12.3 Å². The Morgan fingerprint density at radius 2 is 2.20 bits per heavy atom. The van der Waals surface area contributed by atoms with Crippen LogP contribution in [-0.4, -0.2) is 25.5 Å². The number of aliphatic carboxylic acids is 1. The highest BCUT2D eigenvalue weighted by molar-refractivity contribution is 7.88. The van der Waals surface area contributed by atoms with Crippen molar-refractivity contribution in [2.24, 2.45) is 0 Å². The van der Waals surface area contributed by atoms with Gasteiger partial charge in [0.1, 0.15) is 6.04 Å². The van der Waals surface area contributed by atoms with E-state index in [0.29, 0.717) is 11.1 Å². The van der Waals surface area contributed by atoms with Crippen molar-refractivity contribution in [1.29, 1.82) is 5.26 Å². The molecular weight excluding hydrogens is 280 g/mol. The Hall–Kier alpha value is -2.35. The number of hydrogen-bond donors (Lipinski definition) is 2. The molecule has 0 bridgehead atoms. The number of terminal acetylenes is 1. The molecule has 0 aliphatic heterocycles. The van der Waals surface area contributed by atoms with E-state index in [1.807, 2.05) is 10.8 Å². The largest absolute Gasteiger partial charge is 0.480 e. The Morgan fingerprint density at radius 1 is 1.50 bits per heavy atom. The third-order valence-corrected chi connectivity index (χ3v) is 3.71. The van der Waals surface area contributed by atoms with E-state index < -0.39 is 27.8 Å². The molecule has 104 valence electrons. The van der Waals surface area contributed by atoms with Crippen molar-refractivity contribution in [2.75, 3.05) is 0 Å². The number of benzene rings is 1. The molecule has 1 atom stereocenters. The number of nitriles is 1. The molecule has 2 N–H and O–H groups in total. The van der Waals surface area contributed by atoms with Gasteiger partial charge in [-0.2, -0.15) is 9.98 Å². The summed E-state index contributed by atoms with van der Waals surface area (Å²) in [5.74, 6) is 0.347. The fraction of sp³-hybridized carbons (Fsp3) is 0.231. The smallest absolute Gasteiger partial charge is 0.322 e. The van der Waals surface area contributed by atoms with Gasteiger partial charge in [-0.1, -0.05) is 12.1 Å². The third-order valence-electron chi connectivity index (χ3n) is 2.35. The summed E-state index contributed by atoms with van der Waals surface area (Å²) >= 11 is 0. The predicted molar refractivity (Wildman–Crippen MR) is 71.8 cm³/mol. The van der Waals surface area contributed by atoms with E-state index in [-0.39, 0.29) is 6.42 Å². The molecule has 7 heteroatoms. The Balaban J connectivity index is 2.87. The van der Waals surface area contributed by atoms with Gasteiger partial charge in [0.05, 0.1) is 17.4 Å². The maximum atomic E-state index is 11.9. The lowest BCUT2D eigenvalue weighted by molar-refractivity contribution is -0.138. The summed E-state index contributed by atoms with van der Waals surface area (Å²) < 4.78 is 25.8. The second-order valence-corrected chi connectivity index (χ2v) is 5.74. The molecule has 20 heavy (non-hydrogen) atoms. The highest BCUT2D eigenvalue weighted by Crippen LogP contribution is 2.09. The first kappa shape index (κ1) is 15.7. The van der Waals surface area contributed by atoms with E-state index >= 15 is 0 Å². The van der Waals surface area contributed by atoms with Crippen molar-refractivity contribution >= 4 is 16.0 Å². The van der Waals surface area contributed by atoms with Gasteiger partial charge in [-0.05, 0) is 17.7 Å². The highest BCUT2D eigenvalue weighted by atomic mass is 32.2. The van der Waals surface area contributed by atoms with Crippen LogP contribution in [0.15, 0.2) is 24.3 Å². The topological polar surface area (TPSA) is 107 Å². The average molecular weight is 292 g/mol. The van der Waals surface area contributed by atoms with Crippen LogP contribution in [0.5, 0.6) is 0 Å². The predicted octanol–water partition coefficient (Wildman–Crippen LogP) is 0.454. The van der Waals surface area contributed by atoms with Crippen LogP contribution in [-0.2, 0) is 20.6 Å². The molecule has 0 saturated carbocycles. The average Bonchev–Trinajstić information content (AvgIpc) is 2.37. The maximum absolute atomic E-state index is 11.9. The fourth-order valence-corrected chi connectivity index (χ4v) is 2.83. The molecule has 0 fully saturated rings. The standard InChI is InChI=1S/C13H12N2O4S/c1-2-4-12(13(16)17)15-20(18,19)9-11-6-3-5-10(7-11)8-14/h1,3,5-7,12,15H,4,9H2,(H,16,17). The van der Waals surface area contributed by atoms with Gasteiger partial charge in [0.15, 0.2) is 0 Å². The van der Waals surface area contributed by atoms with E-state index in [1.165, 1.54) is 12.1 Å². The van der Waals surface area contributed by atoms with Gasteiger partial charge in [0, 0.05) is 6.42 Å². The summed E-state index contributed by atoms with van der Waals surface area (Å²) in [5, 5.41) is 17.6. The lowest BCUT2D eigenvalue weighted by Gasteiger charge is -2.12. The van der Waals surface area contributed by atoms with Gasteiger partial charge in [0.25, 0.3) is 0 Å². The van der Waals surface area contributed by atoms with E-state index in [1.54, 1.807) is 12.1 Å². The van der Waals surface area contributed by atoms with Gasteiger partial charge >= 0.3 is 5.97 Å². The van der Waals surface area contributed by atoms with Crippen LogP contribution in [0.3, 0.4) is 0 Å². The Morgan fingerprint density at radius 3 is 2.75 bits per heavy atom. The summed E-state index contributed by atoms with van der Waals surface area (Å²) in [6.07, 6.45) is 4.75. The van der Waals surface area contributed by atoms with E-state index in [0.717, 1.165) is 0 Å². The van der Waals surface area contributed by atoms with Crippen molar-refractivity contribution in [1.82, 2.24) is 4.72 Å². The Kier molecular flexibility index (Phi) is 5.27. The zero-order valence-electron chi connectivity index (χ0n) is 10.4. The minimum absolute atomic E-state index is 0.243. The zero-order valence-corrected chi connectivity index (χ0v) is 11.2. The molecule has 0 spiro atoms. The van der Waals surface area contributed by atoms with Crippen LogP contribution in [0, 0.1) is 23.7 Å². The van der Waals surface area contributed by atoms with Crippen molar-refractivity contribution in [3.8, 4) is 18.4 Å². The summed E-state index contributed by atoms with van der Waals surface area (Å²) in [5.41, 5.74) is 0.720. The highest BCUT2D eigenvalue weighted by Gasteiger charge is 2.23. The van der Waals surface area contributed by atoms with Gasteiger partial charge < -0.3 is 5.11 Å². The quantitative estimate of drug-likeness (QED) is 0.740. The van der Waals surface area contributed by atoms with E-state index in [9.17, 15) is 13.2 Å². The number of carboxylic acids is 1. The number of sulfonamides is 1. The first-order valence-corrected chi connectivity index (χ1v) is 7.18. The summed E-state index contributed by atoms with van der Waals surface area (Å²) in [6, 6.07) is 6.60. The second-order valence-electron chi connectivity index (χ2n) is 3.99. The molecule has 1 aromatic rings. The van der Waals surface area contributed by atoms with Crippen LogP contribution in [0.25, 0.3) is 0 Å². The Labute approximate surface area is 117 Å². The fourth-order valence-electron chi connectivity index (χ4n) is 1.51. The Bertz CT molecular complexity index is 683. The molecule has 0 radical (unpaired) electrons. The number of nitrogens with zero attached hydrogens (tertiary/aromatic N) is 1. The van der Waals surface area contributed by atoms with Crippen molar-refractivity contribution in [2.45, 2.75) is 18.2 Å². The second kappa shape index (κ2) is 6.71. The first-order valence-electron chi connectivity index (χ1n) is 5.53.